The van der Waals surface area contributed by atoms with Crippen LogP contribution in [0.3, 0.4) is 0 Å². The Morgan fingerprint density at radius 3 is 2.65 bits per heavy atom. The predicted octanol–water partition coefficient (Wildman–Crippen LogP) is 4.99. The van der Waals surface area contributed by atoms with Gasteiger partial charge < -0.3 is 9.15 Å². The van der Waals surface area contributed by atoms with Gasteiger partial charge in [0.25, 0.3) is 0 Å². The summed E-state index contributed by atoms with van der Waals surface area (Å²) in [5.74, 6) is 1.49. The average molecular weight is 381 g/mol. The Hall–Kier alpha value is -2.90. The second-order valence-corrected chi connectivity index (χ2v) is 7.05. The number of ether oxygens (including phenoxy) is 1. The number of thiazole rings is 1. The van der Waals surface area contributed by atoms with E-state index in [0.717, 1.165) is 26.8 Å². The highest BCUT2D eigenvalue weighted by atomic mass is 32.1. The third kappa shape index (κ3) is 3.54. The van der Waals surface area contributed by atoms with Crippen molar-refractivity contribution in [3.8, 4) is 16.3 Å². The number of benzene rings is 1. The van der Waals surface area contributed by atoms with Crippen molar-refractivity contribution in [3.63, 3.8) is 0 Å². The number of furan rings is 1. The first-order valence-corrected chi connectivity index (χ1v) is 9.60. The van der Waals surface area contributed by atoms with Gasteiger partial charge in [-0.3, -0.25) is 0 Å². The predicted molar refractivity (Wildman–Crippen MR) is 106 cm³/mol. The molecule has 0 saturated carbocycles. The van der Waals surface area contributed by atoms with E-state index in [1.807, 2.05) is 52.5 Å². The van der Waals surface area contributed by atoms with Gasteiger partial charge >= 0.3 is 0 Å². The number of aromatic nitrogens is 1. The average Bonchev–Trinajstić information content (AvgIpc) is 3.42. The molecular weight excluding hydrogens is 366 g/mol. The first-order chi connectivity index (χ1) is 12.8. The summed E-state index contributed by atoms with van der Waals surface area (Å²) < 4.78 is 12.4. The van der Waals surface area contributed by atoms with Gasteiger partial charge in [-0.1, -0.05) is 6.07 Å². The molecule has 130 valence electrons. The van der Waals surface area contributed by atoms with Crippen LogP contribution in [-0.4, -0.2) is 18.0 Å². The molecule has 0 radical (unpaired) electrons. The summed E-state index contributed by atoms with van der Waals surface area (Å²) in [5, 5.41) is 8.70. The van der Waals surface area contributed by atoms with E-state index in [9.17, 15) is 0 Å². The van der Waals surface area contributed by atoms with Crippen LogP contribution in [0.1, 0.15) is 5.76 Å². The van der Waals surface area contributed by atoms with E-state index >= 15 is 0 Å². The van der Waals surface area contributed by atoms with Gasteiger partial charge in [0.15, 0.2) is 0 Å². The fourth-order valence-corrected chi connectivity index (χ4v) is 3.98. The van der Waals surface area contributed by atoms with Gasteiger partial charge in [0, 0.05) is 5.38 Å². The van der Waals surface area contributed by atoms with Crippen LogP contribution in [0.5, 0.6) is 5.75 Å². The summed E-state index contributed by atoms with van der Waals surface area (Å²) in [7, 11) is 1.65. The van der Waals surface area contributed by atoms with E-state index in [4.69, 9.17) is 14.1 Å². The molecule has 0 aliphatic rings. The Kier molecular flexibility index (Phi) is 4.81. The van der Waals surface area contributed by atoms with Crippen molar-refractivity contribution in [2.45, 2.75) is 0 Å². The maximum atomic E-state index is 5.34. The molecule has 0 atom stereocenters. The third-order valence-corrected chi connectivity index (χ3v) is 5.31. The van der Waals surface area contributed by atoms with Crippen LogP contribution >= 0.6 is 22.7 Å². The molecule has 3 aromatic heterocycles. The second kappa shape index (κ2) is 7.55. The molecule has 0 aliphatic carbocycles. The highest BCUT2D eigenvalue weighted by Gasteiger charge is 2.08. The Morgan fingerprint density at radius 2 is 1.96 bits per heavy atom. The molecule has 26 heavy (non-hydrogen) atoms. The first-order valence-electron chi connectivity index (χ1n) is 7.84. The molecule has 5 nitrogen and oxygen atoms in total. The Balaban J connectivity index is 1.79. The molecule has 0 N–H and O–H groups in total. The molecule has 0 aliphatic heterocycles. The van der Waals surface area contributed by atoms with Gasteiger partial charge in [-0.15, -0.1) is 22.7 Å². The topological polar surface area (TPSA) is 52.0 Å². The number of hydrogen-bond acceptors (Lipinski definition) is 6. The van der Waals surface area contributed by atoms with Gasteiger partial charge in [0.2, 0.25) is 4.80 Å². The van der Waals surface area contributed by atoms with Crippen LogP contribution in [0.25, 0.3) is 10.6 Å². The second-order valence-electron chi connectivity index (χ2n) is 5.26. The van der Waals surface area contributed by atoms with E-state index < -0.39 is 0 Å². The van der Waals surface area contributed by atoms with Crippen molar-refractivity contribution in [2.24, 2.45) is 10.1 Å². The van der Waals surface area contributed by atoms with Crippen molar-refractivity contribution >= 4 is 34.6 Å². The molecular formula is C19H15N3O2S2. The summed E-state index contributed by atoms with van der Waals surface area (Å²) in [5.41, 5.74) is 1.84. The van der Waals surface area contributed by atoms with Gasteiger partial charge in [-0.25, -0.2) is 9.67 Å². The summed E-state index contributed by atoms with van der Waals surface area (Å²) in [6.45, 7) is 0. The van der Waals surface area contributed by atoms with E-state index in [1.165, 1.54) is 0 Å². The molecule has 0 amide bonds. The largest absolute Gasteiger partial charge is 0.497 e. The van der Waals surface area contributed by atoms with Crippen molar-refractivity contribution in [1.82, 2.24) is 4.68 Å². The smallest absolute Gasteiger partial charge is 0.211 e. The minimum absolute atomic E-state index is 0.691. The van der Waals surface area contributed by atoms with Gasteiger partial charge in [0.05, 0.1) is 35.8 Å². The monoisotopic (exact) mass is 381 g/mol. The molecule has 4 aromatic rings. The summed E-state index contributed by atoms with van der Waals surface area (Å²) in [6, 6.07) is 15.4. The lowest BCUT2D eigenvalue weighted by Crippen LogP contribution is -2.11. The SMILES string of the molecule is COc1ccc(N=c2scc(-c3cccs3)n2N=Cc2ccco2)cc1. The molecule has 0 spiro atoms. The number of methoxy groups -OCH3 is 1. The van der Waals surface area contributed by atoms with Crippen LogP contribution in [-0.2, 0) is 0 Å². The standard InChI is InChI=1S/C19H15N3O2S2/c1-23-15-8-6-14(7-9-15)21-19-22(20-12-16-4-2-10-24-16)17(13-26-19)18-5-3-11-25-18/h2-13H,1H3. The quantitative estimate of drug-likeness (QED) is 0.457. The fraction of sp³-hybridized carbons (Fsp3) is 0.0526. The zero-order valence-corrected chi connectivity index (χ0v) is 15.5. The lowest BCUT2D eigenvalue weighted by Gasteiger charge is -2.01. The van der Waals surface area contributed by atoms with E-state index in [-0.39, 0.29) is 0 Å². The van der Waals surface area contributed by atoms with E-state index in [1.54, 1.807) is 42.3 Å². The van der Waals surface area contributed by atoms with E-state index in [0.29, 0.717) is 5.76 Å². The fourth-order valence-electron chi connectivity index (χ4n) is 2.33. The van der Waals surface area contributed by atoms with Crippen LogP contribution in [0.2, 0.25) is 0 Å². The molecule has 0 fully saturated rings. The van der Waals surface area contributed by atoms with Gasteiger partial charge in [-0.2, -0.15) is 5.10 Å². The summed E-state index contributed by atoms with van der Waals surface area (Å²) in [4.78, 5) is 6.65. The van der Waals surface area contributed by atoms with Crippen LogP contribution in [0.15, 0.2) is 80.1 Å². The molecule has 3 heterocycles. The summed E-state index contributed by atoms with van der Waals surface area (Å²) in [6.07, 6.45) is 3.32. The number of nitrogens with zero attached hydrogens (tertiary/aromatic N) is 3. The van der Waals surface area contributed by atoms with Crippen LogP contribution < -0.4 is 9.54 Å². The van der Waals surface area contributed by atoms with Crippen LogP contribution in [0.4, 0.5) is 5.69 Å². The maximum Gasteiger partial charge on any atom is 0.211 e. The van der Waals surface area contributed by atoms with Gasteiger partial charge in [0.1, 0.15) is 11.5 Å². The molecule has 0 bridgehead atoms. The molecule has 7 heteroatoms. The van der Waals surface area contributed by atoms with Crippen LogP contribution in [0, 0.1) is 0 Å². The Bertz CT molecular complexity index is 1060. The van der Waals surface area contributed by atoms with Gasteiger partial charge in [-0.05, 0) is 47.8 Å². The normalized spacial score (nSPS) is 12.1. The zero-order chi connectivity index (χ0) is 17.8. The lowest BCUT2D eigenvalue weighted by molar-refractivity contribution is 0.415. The number of rotatable bonds is 5. The Labute approximate surface area is 158 Å². The third-order valence-electron chi connectivity index (χ3n) is 3.60. The highest BCUT2D eigenvalue weighted by Crippen LogP contribution is 2.25. The number of hydrogen-bond donors (Lipinski definition) is 0. The maximum absolute atomic E-state index is 5.34. The zero-order valence-electron chi connectivity index (χ0n) is 13.9. The molecule has 1 aromatic carbocycles. The first kappa shape index (κ1) is 16.6. The molecule has 0 unspecified atom stereocenters. The minimum Gasteiger partial charge on any atom is -0.497 e. The van der Waals surface area contributed by atoms with Crippen molar-refractivity contribution in [1.29, 1.82) is 0 Å². The Morgan fingerprint density at radius 1 is 1.08 bits per heavy atom. The highest BCUT2D eigenvalue weighted by molar-refractivity contribution is 7.14. The van der Waals surface area contributed by atoms with Crippen molar-refractivity contribution in [3.05, 3.63) is 76.1 Å². The number of thiophene rings is 1. The van der Waals surface area contributed by atoms with E-state index in [2.05, 4.69) is 16.5 Å². The molecule has 4 rings (SSSR count). The lowest BCUT2D eigenvalue weighted by atomic mass is 10.3. The minimum atomic E-state index is 0.691. The molecule has 0 saturated heterocycles. The van der Waals surface area contributed by atoms with Crippen molar-refractivity contribution in [2.75, 3.05) is 7.11 Å². The summed E-state index contributed by atoms with van der Waals surface area (Å²) >= 11 is 3.21. The van der Waals surface area contributed by atoms with Crippen molar-refractivity contribution < 1.29 is 9.15 Å².